The Hall–Kier alpha value is -5.02. The standard InChI is InChI=1S/C24H17N9/c1-15-5-3-7-19(29-15)23-22(17-9-10-21-27-14-28-33(21)13-17)30-24(31-23)32(2)20-8-4-6-16(11-25)18(20)12-26/h3-10,13-14H,1-2H3,(H,30,31). The van der Waals surface area contributed by atoms with Crippen LogP contribution in [0, 0.1) is 29.6 Å². The average molecular weight is 431 g/mol. The summed E-state index contributed by atoms with van der Waals surface area (Å²) >= 11 is 0. The molecule has 0 aliphatic carbocycles. The van der Waals surface area contributed by atoms with Crippen LogP contribution in [0.5, 0.6) is 0 Å². The van der Waals surface area contributed by atoms with Crippen LogP contribution in [0.3, 0.4) is 0 Å². The molecule has 0 saturated carbocycles. The summed E-state index contributed by atoms with van der Waals surface area (Å²) in [5, 5.41) is 23.3. The lowest BCUT2D eigenvalue weighted by molar-refractivity contribution is 0.962. The van der Waals surface area contributed by atoms with Gasteiger partial charge in [0.25, 0.3) is 0 Å². The molecule has 0 aliphatic rings. The molecule has 0 amide bonds. The highest BCUT2D eigenvalue weighted by Gasteiger charge is 2.21. The van der Waals surface area contributed by atoms with Crippen molar-refractivity contribution in [3.8, 4) is 34.8 Å². The van der Waals surface area contributed by atoms with E-state index in [-0.39, 0.29) is 0 Å². The summed E-state index contributed by atoms with van der Waals surface area (Å²) in [5.74, 6) is 0.508. The first-order valence-corrected chi connectivity index (χ1v) is 10.1. The molecule has 0 atom stereocenters. The maximum atomic E-state index is 9.67. The average Bonchev–Trinajstić information content (AvgIpc) is 3.50. The monoisotopic (exact) mass is 431 g/mol. The fourth-order valence-corrected chi connectivity index (χ4v) is 3.70. The number of imidazole rings is 1. The molecular weight excluding hydrogens is 414 g/mol. The Morgan fingerprint density at radius 1 is 1.00 bits per heavy atom. The second kappa shape index (κ2) is 7.91. The minimum Gasteiger partial charge on any atom is -0.322 e. The van der Waals surface area contributed by atoms with Gasteiger partial charge in [0.1, 0.15) is 24.2 Å². The fraction of sp³-hybridized carbons (Fsp3) is 0.0833. The van der Waals surface area contributed by atoms with Gasteiger partial charge in [0.2, 0.25) is 5.95 Å². The normalized spacial score (nSPS) is 10.7. The van der Waals surface area contributed by atoms with Crippen LogP contribution in [-0.4, -0.2) is 36.6 Å². The third-order valence-corrected chi connectivity index (χ3v) is 5.34. The summed E-state index contributed by atoms with van der Waals surface area (Å²) < 4.78 is 1.69. The molecular formula is C24H17N9. The zero-order valence-corrected chi connectivity index (χ0v) is 17.9. The molecule has 9 nitrogen and oxygen atoms in total. The summed E-state index contributed by atoms with van der Waals surface area (Å²) in [4.78, 5) is 18.9. The van der Waals surface area contributed by atoms with Gasteiger partial charge < -0.3 is 9.88 Å². The molecule has 0 unspecified atom stereocenters. The zero-order valence-electron chi connectivity index (χ0n) is 17.9. The summed E-state index contributed by atoms with van der Waals surface area (Å²) in [6.45, 7) is 1.93. The minimum absolute atomic E-state index is 0.291. The van der Waals surface area contributed by atoms with Gasteiger partial charge in [-0.1, -0.05) is 12.1 Å². The Kier molecular flexibility index (Phi) is 4.77. The lowest BCUT2D eigenvalue weighted by Gasteiger charge is -2.17. The molecule has 33 heavy (non-hydrogen) atoms. The minimum atomic E-state index is 0.291. The number of H-pyrrole nitrogens is 1. The van der Waals surface area contributed by atoms with Crippen LogP contribution in [-0.2, 0) is 0 Å². The molecule has 1 aromatic carbocycles. The first-order valence-electron chi connectivity index (χ1n) is 10.1. The van der Waals surface area contributed by atoms with Crippen molar-refractivity contribution >= 4 is 17.3 Å². The van der Waals surface area contributed by atoms with Crippen molar-refractivity contribution in [3.05, 3.63) is 77.9 Å². The number of nitrogens with one attached hydrogen (secondary N) is 1. The highest BCUT2D eigenvalue weighted by molar-refractivity contribution is 5.80. The molecule has 0 bridgehead atoms. The van der Waals surface area contributed by atoms with Crippen molar-refractivity contribution in [1.82, 2.24) is 29.5 Å². The molecule has 4 heterocycles. The highest BCUT2D eigenvalue weighted by atomic mass is 15.3. The molecule has 5 aromatic rings. The van der Waals surface area contributed by atoms with Gasteiger partial charge in [-0.15, -0.1) is 0 Å². The van der Waals surface area contributed by atoms with E-state index < -0.39 is 0 Å². The van der Waals surface area contributed by atoms with Gasteiger partial charge in [-0.3, -0.25) is 4.98 Å². The largest absolute Gasteiger partial charge is 0.322 e. The Morgan fingerprint density at radius 2 is 1.85 bits per heavy atom. The molecule has 0 spiro atoms. The number of aromatic nitrogens is 6. The number of aromatic amines is 1. The third kappa shape index (κ3) is 3.44. The van der Waals surface area contributed by atoms with Crippen LogP contribution in [0.25, 0.3) is 28.3 Å². The van der Waals surface area contributed by atoms with Crippen molar-refractivity contribution in [2.24, 2.45) is 0 Å². The number of fused-ring (bicyclic) bond motifs is 1. The number of hydrogen-bond donors (Lipinski definition) is 1. The van der Waals surface area contributed by atoms with Gasteiger partial charge in [-0.05, 0) is 43.3 Å². The number of hydrogen-bond acceptors (Lipinski definition) is 7. The van der Waals surface area contributed by atoms with Crippen molar-refractivity contribution < 1.29 is 0 Å². The van der Waals surface area contributed by atoms with Crippen molar-refractivity contribution in [1.29, 1.82) is 10.5 Å². The van der Waals surface area contributed by atoms with Crippen LogP contribution in [0.1, 0.15) is 16.8 Å². The Balaban J connectivity index is 1.70. The van der Waals surface area contributed by atoms with Gasteiger partial charge in [-0.25, -0.2) is 14.5 Å². The number of pyridine rings is 2. The first-order chi connectivity index (χ1) is 16.1. The molecule has 0 radical (unpaired) electrons. The maximum absolute atomic E-state index is 9.67. The smallest absolute Gasteiger partial charge is 0.208 e. The molecule has 158 valence electrons. The molecule has 0 aliphatic heterocycles. The molecule has 4 aromatic heterocycles. The SMILES string of the molecule is Cc1cccc(-c2[nH]c(N(C)c3cccc(C#N)c3C#N)nc2-c2ccc3ncnn3c2)n1. The molecule has 0 fully saturated rings. The lowest BCUT2D eigenvalue weighted by atomic mass is 10.1. The summed E-state index contributed by atoms with van der Waals surface area (Å²) in [6, 6.07) is 19.0. The predicted molar refractivity (Wildman–Crippen MR) is 122 cm³/mol. The van der Waals surface area contributed by atoms with E-state index in [1.807, 2.05) is 43.5 Å². The number of aryl methyl sites for hydroxylation is 1. The number of anilines is 2. The van der Waals surface area contributed by atoms with Gasteiger partial charge in [-0.2, -0.15) is 15.6 Å². The highest BCUT2D eigenvalue weighted by Crippen LogP contribution is 2.34. The number of benzene rings is 1. The second-order valence-corrected chi connectivity index (χ2v) is 7.41. The lowest BCUT2D eigenvalue weighted by Crippen LogP contribution is -2.13. The van der Waals surface area contributed by atoms with E-state index >= 15 is 0 Å². The maximum Gasteiger partial charge on any atom is 0.208 e. The topological polar surface area (TPSA) is 123 Å². The third-order valence-electron chi connectivity index (χ3n) is 5.34. The molecule has 1 N–H and O–H groups in total. The van der Waals surface area contributed by atoms with Crippen LogP contribution >= 0.6 is 0 Å². The van der Waals surface area contributed by atoms with Crippen LogP contribution in [0.4, 0.5) is 11.6 Å². The molecule has 5 rings (SSSR count). The van der Waals surface area contributed by atoms with Crippen LogP contribution in [0.15, 0.2) is 61.1 Å². The number of nitriles is 2. The Labute approximate surface area is 189 Å². The quantitative estimate of drug-likeness (QED) is 0.456. The van der Waals surface area contributed by atoms with Crippen molar-refractivity contribution in [3.63, 3.8) is 0 Å². The number of nitrogens with zero attached hydrogens (tertiary/aromatic N) is 8. The van der Waals surface area contributed by atoms with Crippen molar-refractivity contribution in [2.75, 3.05) is 11.9 Å². The summed E-state index contributed by atoms with van der Waals surface area (Å²) in [6.07, 6.45) is 3.36. The van der Waals surface area contributed by atoms with E-state index in [1.165, 1.54) is 6.33 Å². The zero-order chi connectivity index (χ0) is 22.9. The van der Waals surface area contributed by atoms with Crippen molar-refractivity contribution in [2.45, 2.75) is 6.92 Å². The second-order valence-electron chi connectivity index (χ2n) is 7.41. The predicted octanol–water partition coefficient (Wildman–Crippen LogP) is 4.00. The van der Waals surface area contributed by atoms with E-state index in [1.54, 1.807) is 34.7 Å². The fourth-order valence-electron chi connectivity index (χ4n) is 3.70. The Bertz CT molecular complexity index is 1580. The Morgan fingerprint density at radius 3 is 2.64 bits per heavy atom. The summed E-state index contributed by atoms with van der Waals surface area (Å²) in [5.41, 5.74) is 5.77. The van der Waals surface area contributed by atoms with E-state index in [4.69, 9.17) is 4.98 Å². The first kappa shape index (κ1) is 19.9. The van der Waals surface area contributed by atoms with Gasteiger partial charge in [0, 0.05) is 24.5 Å². The van der Waals surface area contributed by atoms with E-state index in [9.17, 15) is 10.5 Å². The van der Waals surface area contributed by atoms with Gasteiger partial charge in [0.15, 0.2) is 5.65 Å². The molecule has 9 heteroatoms. The van der Waals surface area contributed by atoms with E-state index in [0.717, 1.165) is 28.3 Å². The van der Waals surface area contributed by atoms with Crippen LogP contribution < -0.4 is 4.90 Å². The van der Waals surface area contributed by atoms with Crippen LogP contribution in [0.2, 0.25) is 0 Å². The molecule has 0 saturated heterocycles. The number of rotatable bonds is 4. The van der Waals surface area contributed by atoms with E-state index in [0.29, 0.717) is 28.5 Å². The van der Waals surface area contributed by atoms with Gasteiger partial charge in [0.05, 0.1) is 28.2 Å². The summed E-state index contributed by atoms with van der Waals surface area (Å²) in [7, 11) is 1.80. The van der Waals surface area contributed by atoms with Gasteiger partial charge >= 0.3 is 0 Å². The van der Waals surface area contributed by atoms with E-state index in [2.05, 4.69) is 32.2 Å².